The van der Waals surface area contributed by atoms with Crippen LogP contribution in [0.1, 0.15) is 16.2 Å². The molecule has 0 aliphatic heterocycles. The van der Waals surface area contributed by atoms with Gasteiger partial charge in [-0.3, -0.25) is 4.79 Å². The summed E-state index contributed by atoms with van der Waals surface area (Å²) >= 11 is 6.12. The minimum atomic E-state index is -0.281. The molecule has 20 heavy (non-hydrogen) atoms. The van der Waals surface area contributed by atoms with Gasteiger partial charge in [0.2, 0.25) is 0 Å². The highest BCUT2D eigenvalue weighted by Crippen LogP contribution is 2.26. The third-order valence-corrected chi connectivity index (χ3v) is 3.25. The summed E-state index contributed by atoms with van der Waals surface area (Å²) in [5, 5.41) is 7.39. The smallest absolute Gasteiger partial charge is 0.325 e. The zero-order valence-electron chi connectivity index (χ0n) is 10.8. The van der Waals surface area contributed by atoms with Crippen molar-refractivity contribution >= 4 is 23.4 Å². The highest BCUT2D eigenvalue weighted by molar-refractivity contribution is 6.33. The molecule has 0 radical (unpaired) electrons. The lowest BCUT2D eigenvalue weighted by Gasteiger charge is -1.98. The monoisotopic (exact) mass is 290 g/mol. The molecule has 1 aromatic carbocycles. The number of nitrogens with zero attached hydrogens (tertiary/aromatic N) is 3. The van der Waals surface area contributed by atoms with Crippen LogP contribution in [0.5, 0.6) is 0 Å². The molecule has 0 saturated heterocycles. The Bertz CT molecular complexity index is 806. The zero-order valence-corrected chi connectivity index (χ0v) is 11.6. The van der Waals surface area contributed by atoms with Gasteiger partial charge in [0.15, 0.2) is 11.5 Å². The van der Waals surface area contributed by atoms with E-state index in [1.165, 1.54) is 4.52 Å². The fourth-order valence-corrected chi connectivity index (χ4v) is 2.20. The minimum absolute atomic E-state index is 0.260. The van der Waals surface area contributed by atoms with Crippen LogP contribution in [-0.4, -0.2) is 27.6 Å². The van der Waals surface area contributed by atoms with Crippen LogP contribution in [0.25, 0.3) is 17.2 Å². The van der Waals surface area contributed by atoms with E-state index in [9.17, 15) is 4.79 Å². The summed E-state index contributed by atoms with van der Waals surface area (Å²) in [6.45, 7) is 1.69. The zero-order chi connectivity index (χ0) is 14.3. The summed E-state index contributed by atoms with van der Waals surface area (Å²) in [4.78, 5) is 16.1. The number of oxazole rings is 1. The number of hydrogen-bond donors (Lipinski definition) is 1. The molecule has 3 aromatic rings. The standard InChI is InChI=1S/C13H11ClN4O2/c1-7-10(12(19)15-2)18-13(20-7)16-11(17-18)8-5-3-4-6-9(8)14/h3-6H,1-2H3,(H,15,19). The third kappa shape index (κ3) is 1.85. The van der Waals surface area contributed by atoms with Crippen molar-refractivity contribution in [2.75, 3.05) is 7.05 Å². The Kier molecular flexibility index (Phi) is 2.94. The topological polar surface area (TPSA) is 72.4 Å². The number of carbonyl (C=O) groups excluding carboxylic acids is 1. The SMILES string of the molecule is CNC(=O)c1c(C)oc2nc(-c3ccccc3Cl)nn12. The predicted octanol–water partition coefficient (Wildman–Crippen LogP) is 2.31. The van der Waals surface area contributed by atoms with Crippen molar-refractivity contribution in [3.8, 4) is 11.4 Å². The second kappa shape index (κ2) is 4.64. The van der Waals surface area contributed by atoms with E-state index < -0.39 is 0 Å². The van der Waals surface area contributed by atoms with E-state index in [4.69, 9.17) is 16.0 Å². The van der Waals surface area contributed by atoms with Crippen molar-refractivity contribution in [1.82, 2.24) is 19.9 Å². The van der Waals surface area contributed by atoms with Gasteiger partial charge in [0.05, 0.1) is 5.02 Å². The van der Waals surface area contributed by atoms with Gasteiger partial charge < -0.3 is 9.73 Å². The van der Waals surface area contributed by atoms with E-state index in [0.29, 0.717) is 27.9 Å². The number of aromatic nitrogens is 3. The highest BCUT2D eigenvalue weighted by atomic mass is 35.5. The van der Waals surface area contributed by atoms with Crippen LogP contribution in [-0.2, 0) is 0 Å². The largest absolute Gasteiger partial charge is 0.427 e. The molecule has 0 aliphatic rings. The highest BCUT2D eigenvalue weighted by Gasteiger charge is 2.21. The van der Waals surface area contributed by atoms with E-state index >= 15 is 0 Å². The predicted molar refractivity (Wildman–Crippen MR) is 73.8 cm³/mol. The van der Waals surface area contributed by atoms with E-state index in [2.05, 4.69) is 15.4 Å². The van der Waals surface area contributed by atoms with Crippen molar-refractivity contribution in [2.24, 2.45) is 0 Å². The number of rotatable bonds is 2. The van der Waals surface area contributed by atoms with Crippen LogP contribution in [0.15, 0.2) is 28.7 Å². The fourth-order valence-electron chi connectivity index (χ4n) is 1.98. The van der Waals surface area contributed by atoms with Gasteiger partial charge in [-0.05, 0) is 19.1 Å². The quantitative estimate of drug-likeness (QED) is 0.786. The first kappa shape index (κ1) is 12.7. The maximum atomic E-state index is 11.8. The summed E-state index contributed by atoms with van der Waals surface area (Å²) in [7, 11) is 1.55. The average molecular weight is 291 g/mol. The maximum Gasteiger partial charge on any atom is 0.325 e. The molecular formula is C13H11ClN4O2. The molecule has 0 atom stereocenters. The molecule has 6 nitrogen and oxygen atoms in total. The summed E-state index contributed by atoms with van der Waals surface area (Å²) in [5.41, 5.74) is 1.02. The first-order valence-corrected chi connectivity index (χ1v) is 6.32. The molecule has 0 unspecified atom stereocenters. The number of halogens is 1. The summed E-state index contributed by atoms with van der Waals surface area (Å²) < 4.78 is 6.83. The first-order chi connectivity index (χ1) is 9.61. The molecule has 2 heterocycles. The number of hydrogen-bond acceptors (Lipinski definition) is 4. The second-order valence-electron chi connectivity index (χ2n) is 4.20. The van der Waals surface area contributed by atoms with Gasteiger partial charge >= 0.3 is 5.84 Å². The Morgan fingerprint density at radius 3 is 2.85 bits per heavy atom. The third-order valence-electron chi connectivity index (χ3n) is 2.92. The molecule has 0 bridgehead atoms. The molecule has 0 fully saturated rings. The van der Waals surface area contributed by atoms with E-state index in [-0.39, 0.29) is 11.8 Å². The van der Waals surface area contributed by atoms with Crippen LogP contribution < -0.4 is 5.32 Å². The molecule has 1 N–H and O–H groups in total. The van der Waals surface area contributed by atoms with Gasteiger partial charge in [-0.15, -0.1) is 5.10 Å². The van der Waals surface area contributed by atoms with Crippen molar-refractivity contribution < 1.29 is 9.21 Å². The van der Waals surface area contributed by atoms with E-state index in [1.807, 2.05) is 18.2 Å². The summed E-state index contributed by atoms with van der Waals surface area (Å²) in [6.07, 6.45) is 0. The molecule has 102 valence electrons. The number of amides is 1. The van der Waals surface area contributed by atoms with Crippen molar-refractivity contribution in [3.05, 3.63) is 40.7 Å². The number of benzene rings is 1. The molecular weight excluding hydrogens is 280 g/mol. The summed E-state index contributed by atoms with van der Waals surface area (Å²) in [5.74, 6) is 0.859. The number of carbonyl (C=O) groups is 1. The molecule has 7 heteroatoms. The molecule has 0 spiro atoms. The van der Waals surface area contributed by atoms with Gasteiger partial charge in [-0.1, -0.05) is 23.7 Å². The lowest BCUT2D eigenvalue weighted by Crippen LogP contribution is -2.20. The fraction of sp³-hybridized carbons (Fsp3) is 0.154. The maximum absolute atomic E-state index is 11.8. The Balaban J connectivity index is 2.20. The van der Waals surface area contributed by atoms with E-state index in [1.54, 1.807) is 20.0 Å². The molecule has 1 amide bonds. The lowest BCUT2D eigenvalue weighted by molar-refractivity contribution is 0.0955. The van der Waals surface area contributed by atoms with Gasteiger partial charge in [0, 0.05) is 12.6 Å². The average Bonchev–Trinajstić information content (AvgIpc) is 2.94. The summed E-state index contributed by atoms with van der Waals surface area (Å²) in [6, 6.07) is 7.23. The number of aryl methyl sites for hydroxylation is 1. The van der Waals surface area contributed by atoms with Gasteiger partial charge in [0.1, 0.15) is 5.76 Å². The van der Waals surface area contributed by atoms with Crippen molar-refractivity contribution in [1.29, 1.82) is 0 Å². The Labute approximate surface area is 119 Å². The first-order valence-electron chi connectivity index (χ1n) is 5.95. The van der Waals surface area contributed by atoms with Gasteiger partial charge in [0.25, 0.3) is 5.91 Å². The number of fused-ring (bicyclic) bond motifs is 1. The number of nitrogens with one attached hydrogen (secondary N) is 1. The van der Waals surface area contributed by atoms with Crippen LogP contribution in [0, 0.1) is 6.92 Å². The Hall–Kier alpha value is -2.34. The Morgan fingerprint density at radius 1 is 1.40 bits per heavy atom. The second-order valence-corrected chi connectivity index (χ2v) is 4.60. The minimum Gasteiger partial charge on any atom is -0.427 e. The lowest BCUT2D eigenvalue weighted by atomic mass is 10.2. The molecule has 3 rings (SSSR count). The van der Waals surface area contributed by atoms with Crippen LogP contribution in [0.4, 0.5) is 0 Å². The van der Waals surface area contributed by atoms with Gasteiger partial charge in [-0.2, -0.15) is 9.50 Å². The normalized spacial score (nSPS) is 10.9. The van der Waals surface area contributed by atoms with Crippen LogP contribution in [0.3, 0.4) is 0 Å². The van der Waals surface area contributed by atoms with Crippen LogP contribution >= 0.6 is 11.6 Å². The van der Waals surface area contributed by atoms with Crippen molar-refractivity contribution in [3.63, 3.8) is 0 Å². The molecule has 0 saturated carbocycles. The Morgan fingerprint density at radius 2 is 2.15 bits per heavy atom. The molecule has 2 aromatic heterocycles. The van der Waals surface area contributed by atoms with Crippen LogP contribution in [0.2, 0.25) is 5.02 Å². The van der Waals surface area contributed by atoms with Gasteiger partial charge in [-0.25, -0.2) is 0 Å². The van der Waals surface area contributed by atoms with Crippen molar-refractivity contribution in [2.45, 2.75) is 6.92 Å². The molecule has 0 aliphatic carbocycles. The van der Waals surface area contributed by atoms with E-state index in [0.717, 1.165) is 0 Å².